The maximum absolute atomic E-state index is 13.7. The van der Waals surface area contributed by atoms with Crippen LogP contribution >= 0.6 is 0 Å². The van der Waals surface area contributed by atoms with Crippen LogP contribution in [0.4, 0.5) is 11.4 Å². The third-order valence-electron chi connectivity index (χ3n) is 4.57. The van der Waals surface area contributed by atoms with Gasteiger partial charge in [0.15, 0.2) is 9.84 Å². The number of sulfonamides is 1. The van der Waals surface area contributed by atoms with Gasteiger partial charge >= 0.3 is 0 Å². The first kappa shape index (κ1) is 21.1. The van der Waals surface area contributed by atoms with E-state index in [1.54, 1.807) is 30.3 Å². The van der Waals surface area contributed by atoms with Gasteiger partial charge in [0.05, 0.1) is 30.3 Å². The van der Waals surface area contributed by atoms with E-state index in [9.17, 15) is 21.6 Å². The highest BCUT2D eigenvalue weighted by Gasteiger charge is 2.40. The molecule has 0 spiro atoms. The smallest absolute Gasteiger partial charge is 0.268 e. The highest BCUT2D eigenvalue weighted by molar-refractivity contribution is 7.93. The molecular weight excluding hydrogens is 416 g/mol. The molecule has 0 radical (unpaired) electrons. The Balaban J connectivity index is 2.16. The number of nitrogens with one attached hydrogen (secondary N) is 1. The second kappa shape index (κ2) is 8.03. The van der Waals surface area contributed by atoms with Gasteiger partial charge in [-0.15, -0.1) is 0 Å². The van der Waals surface area contributed by atoms with Crippen LogP contribution in [-0.4, -0.2) is 47.4 Å². The van der Waals surface area contributed by atoms with Crippen molar-refractivity contribution in [3.63, 3.8) is 0 Å². The molecule has 8 nitrogen and oxygen atoms in total. The number of anilines is 2. The largest absolute Gasteiger partial charge is 0.495 e. The second-order valence-corrected chi connectivity index (χ2v) is 10.8. The molecule has 156 valence electrons. The van der Waals surface area contributed by atoms with Crippen LogP contribution in [0.5, 0.6) is 5.75 Å². The van der Waals surface area contributed by atoms with E-state index in [1.807, 2.05) is 0 Å². The van der Waals surface area contributed by atoms with Crippen molar-refractivity contribution in [2.24, 2.45) is 0 Å². The standard InChI is InChI=1S/C19H22N2O6S2/c1-14(22)20-15-8-9-18(27-2)19(12-15)29(25,26)21(16-6-4-3-5-7-16)17-10-11-28(23,24)13-17/h3-9,12,17H,10-11,13H2,1-2H3,(H,20,22)/t17-/m1/s1. The van der Waals surface area contributed by atoms with Gasteiger partial charge < -0.3 is 10.1 Å². The topological polar surface area (TPSA) is 110 Å². The van der Waals surface area contributed by atoms with Crippen LogP contribution in [0.2, 0.25) is 0 Å². The lowest BCUT2D eigenvalue weighted by molar-refractivity contribution is -0.114. The minimum atomic E-state index is -4.20. The SMILES string of the molecule is COc1ccc(NC(C)=O)cc1S(=O)(=O)N(c1ccccc1)[C@@H]1CCS(=O)(=O)C1. The Bertz CT molecular complexity index is 1110. The van der Waals surface area contributed by atoms with E-state index in [2.05, 4.69) is 5.32 Å². The Morgan fingerprint density at radius 2 is 1.86 bits per heavy atom. The fourth-order valence-corrected chi connectivity index (χ4v) is 7.01. The molecule has 1 saturated heterocycles. The summed E-state index contributed by atoms with van der Waals surface area (Å²) < 4.78 is 57.9. The molecule has 2 aromatic carbocycles. The summed E-state index contributed by atoms with van der Waals surface area (Å²) in [5.41, 5.74) is 0.658. The first-order chi connectivity index (χ1) is 13.6. The predicted molar refractivity (Wildman–Crippen MR) is 110 cm³/mol. The summed E-state index contributed by atoms with van der Waals surface area (Å²) in [5.74, 6) is -0.574. The Morgan fingerprint density at radius 3 is 2.41 bits per heavy atom. The van der Waals surface area contributed by atoms with Crippen molar-refractivity contribution >= 4 is 37.1 Å². The maximum Gasteiger partial charge on any atom is 0.268 e. The van der Waals surface area contributed by atoms with Gasteiger partial charge in [0, 0.05) is 12.6 Å². The third kappa shape index (κ3) is 4.54. The summed E-state index contributed by atoms with van der Waals surface area (Å²) in [5, 5.41) is 2.56. The van der Waals surface area contributed by atoms with Gasteiger partial charge in [0.2, 0.25) is 5.91 Å². The summed E-state index contributed by atoms with van der Waals surface area (Å²) in [4.78, 5) is 11.2. The highest BCUT2D eigenvalue weighted by atomic mass is 32.2. The summed E-state index contributed by atoms with van der Waals surface area (Å²) in [6.07, 6.45) is 0.199. The third-order valence-corrected chi connectivity index (χ3v) is 8.22. The monoisotopic (exact) mass is 438 g/mol. The number of methoxy groups -OCH3 is 1. The first-order valence-electron chi connectivity index (χ1n) is 8.89. The number of rotatable bonds is 6. The lowest BCUT2D eigenvalue weighted by Gasteiger charge is -2.30. The summed E-state index contributed by atoms with van der Waals surface area (Å²) in [6, 6.07) is 11.9. The number of amides is 1. The van der Waals surface area contributed by atoms with Gasteiger partial charge in [-0.3, -0.25) is 9.10 Å². The molecule has 1 aliphatic rings. The van der Waals surface area contributed by atoms with Crippen LogP contribution in [0.3, 0.4) is 0 Å². The normalized spacial score (nSPS) is 18.2. The molecule has 1 fully saturated rings. The molecule has 2 aromatic rings. The van der Waals surface area contributed by atoms with Crippen molar-refractivity contribution in [3.8, 4) is 5.75 Å². The number of nitrogens with zero attached hydrogens (tertiary/aromatic N) is 1. The molecule has 29 heavy (non-hydrogen) atoms. The molecule has 0 saturated carbocycles. The van der Waals surface area contributed by atoms with Crippen molar-refractivity contribution in [1.82, 2.24) is 0 Å². The minimum absolute atomic E-state index is 0.0699. The molecule has 1 atom stereocenters. The van der Waals surface area contributed by atoms with Crippen LogP contribution < -0.4 is 14.4 Å². The second-order valence-electron chi connectivity index (χ2n) is 6.74. The number of benzene rings is 2. The lowest BCUT2D eigenvalue weighted by atomic mass is 10.2. The van der Waals surface area contributed by atoms with E-state index in [0.29, 0.717) is 11.4 Å². The van der Waals surface area contributed by atoms with E-state index in [1.165, 1.54) is 32.2 Å². The molecule has 0 bridgehead atoms. The van der Waals surface area contributed by atoms with Crippen LogP contribution in [0.1, 0.15) is 13.3 Å². The van der Waals surface area contributed by atoms with Gasteiger partial charge in [-0.1, -0.05) is 18.2 Å². The molecule has 0 aliphatic carbocycles. The van der Waals surface area contributed by atoms with E-state index < -0.39 is 25.9 Å². The van der Waals surface area contributed by atoms with Crippen LogP contribution in [-0.2, 0) is 24.7 Å². The van der Waals surface area contributed by atoms with Crippen molar-refractivity contribution < 1.29 is 26.4 Å². The van der Waals surface area contributed by atoms with Gasteiger partial charge in [0.25, 0.3) is 10.0 Å². The molecule has 0 aromatic heterocycles. The van der Waals surface area contributed by atoms with Crippen molar-refractivity contribution in [1.29, 1.82) is 0 Å². The molecule has 10 heteroatoms. The van der Waals surface area contributed by atoms with E-state index in [4.69, 9.17) is 4.74 Å². The summed E-state index contributed by atoms with van der Waals surface area (Å²) in [7, 11) is -6.17. The zero-order valence-electron chi connectivity index (χ0n) is 16.0. The van der Waals surface area contributed by atoms with Gasteiger partial charge in [-0.25, -0.2) is 16.8 Å². The molecule has 1 N–H and O–H groups in total. The molecule has 0 unspecified atom stereocenters. The molecule has 1 aliphatic heterocycles. The summed E-state index contributed by atoms with van der Waals surface area (Å²) >= 11 is 0. The Kier molecular flexibility index (Phi) is 5.85. The van der Waals surface area contributed by atoms with Gasteiger partial charge in [-0.2, -0.15) is 0 Å². The van der Waals surface area contributed by atoms with Crippen molar-refractivity contribution in [2.45, 2.75) is 24.3 Å². The zero-order chi connectivity index (χ0) is 21.2. The average molecular weight is 439 g/mol. The first-order valence-corrected chi connectivity index (χ1v) is 12.2. The van der Waals surface area contributed by atoms with E-state index in [0.717, 1.165) is 4.31 Å². The Morgan fingerprint density at radius 1 is 1.17 bits per heavy atom. The zero-order valence-corrected chi connectivity index (χ0v) is 17.7. The van der Waals surface area contributed by atoms with E-state index in [-0.39, 0.29) is 34.5 Å². The quantitative estimate of drug-likeness (QED) is 0.739. The molecular formula is C19H22N2O6S2. The molecule has 1 amide bonds. The van der Waals surface area contributed by atoms with Gasteiger partial charge in [0.1, 0.15) is 10.6 Å². The average Bonchev–Trinajstić information content (AvgIpc) is 3.01. The van der Waals surface area contributed by atoms with Gasteiger partial charge in [-0.05, 0) is 36.8 Å². The minimum Gasteiger partial charge on any atom is -0.495 e. The van der Waals surface area contributed by atoms with E-state index >= 15 is 0 Å². The number of para-hydroxylation sites is 1. The van der Waals surface area contributed by atoms with Crippen LogP contribution in [0.25, 0.3) is 0 Å². The van der Waals surface area contributed by atoms with Crippen molar-refractivity contribution in [3.05, 3.63) is 48.5 Å². The number of sulfone groups is 1. The predicted octanol–water partition coefficient (Wildman–Crippen LogP) is 2.04. The number of hydrogen-bond acceptors (Lipinski definition) is 6. The highest BCUT2D eigenvalue weighted by Crippen LogP contribution is 2.35. The van der Waals surface area contributed by atoms with Crippen LogP contribution in [0, 0.1) is 0 Å². The van der Waals surface area contributed by atoms with Crippen molar-refractivity contribution in [2.75, 3.05) is 28.2 Å². The fourth-order valence-electron chi connectivity index (χ4n) is 3.35. The molecule has 3 rings (SSSR count). The molecule has 1 heterocycles. The number of hydrogen-bond donors (Lipinski definition) is 1. The maximum atomic E-state index is 13.7. The van der Waals surface area contributed by atoms with Crippen LogP contribution in [0.15, 0.2) is 53.4 Å². The lowest BCUT2D eigenvalue weighted by Crippen LogP contribution is -2.41. The number of ether oxygens (including phenoxy) is 1. The Labute approximate surface area is 170 Å². The summed E-state index contributed by atoms with van der Waals surface area (Å²) in [6.45, 7) is 1.32. The number of carbonyl (C=O) groups excluding carboxylic acids is 1. The Hall–Kier alpha value is -2.59. The number of carbonyl (C=O) groups is 1. The fraction of sp³-hybridized carbons (Fsp3) is 0.316.